The lowest BCUT2D eigenvalue weighted by molar-refractivity contribution is 0.0990. The van der Waals surface area contributed by atoms with Crippen LogP contribution in [0.15, 0.2) is 42.5 Å². The fraction of sp³-hybridized carbons (Fsp3) is 0.444. The molecule has 0 radical (unpaired) electrons. The highest BCUT2D eigenvalue weighted by molar-refractivity contribution is 5.83. The maximum atomic E-state index is 10.6. The maximum Gasteiger partial charge on any atom is 0.0818 e. The van der Waals surface area contributed by atoms with Crippen molar-refractivity contribution in [1.82, 2.24) is 0 Å². The van der Waals surface area contributed by atoms with Gasteiger partial charge in [-0.3, -0.25) is 0 Å². The number of hydrogen-bond donors (Lipinski definition) is 1. The normalized spacial score (nSPS) is 14.5. The van der Waals surface area contributed by atoms with Crippen LogP contribution >= 0.6 is 0 Å². The quantitative estimate of drug-likeness (QED) is 0.763. The summed E-state index contributed by atoms with van der Waals surface area (Å²) in [6, 6.07) is 14.6. The van der Waals surface area contributed by atoms with E-state index in [-0.39, 0.29) is 6.10 Å². The molecular formula is C18H24O. The van der Waals surface area contributed by atoms with Crippen LogP contribution in [0, 0.1) is 5.92 Å². The molecule has 0 spiro atoms. The lowest BCUT2D eigenvalue weighted by Crippen LogP contribution is -2.11. The summed E-state index contributed by atoms with van der Waals surface area (Å²) in [5.41, 5.74) is 1.06. The first-order valence-corrected chi connectivity index (χ1v) is 7.43. The Morgan fingerprint density at radius 2 is 1.74 bits per heavy atom. The average Bonchev–Trinajstić information content (AvgIpc) is 2.47. The van der Waals surface area contributed by atoms with Gasteiger partial charge >= 0.3 is 0 Å². The third-order valence-corrected chi connectivity index (χ3v) is 4.01. The van der Waals surface area contributed by atoms with Gasteiger partial charge in [0.05, 0.1) is 6.10 Å². The van der Waals surface area contributed by atoms with Gasteiger partial charge in [0.2, 0.25) is 0 Å². The highest BCUT2D eigenvalue weighted by Gasteiger charge is 2.18. The standard InChI is InChI=1S/C18H24O/c1-3-5-8-14(4-2)18(19)17-12-11-15-9-6-7-10-16(15)13-17/h6-7,9-14,18-19H,3-5,8H2,1-2H3. The van der Waals surface area contributed by atoms with Gasteiger partial charge in [-0.05, 0) is 34.7 Å². The Labute approximate surface area is 116 Å². The Bertz CT molecular complexity index is 518. The van der Waals surface area contributed by atoms with Crippen molar-refractivity contribution in [2.45, 2.75) is 45.6 Å². The summed E-state index contributed by atoms with van der Waals surface area (Å²) < 4.78 is 0. The van der Waals surface area contributed by atoms with Crippen molar-refractivity contribution in [1.29, 1.82) is 0 Å². The van der Waals surface area contributed by atoms with E-state index in [4.69, 9.17) is 0 Å². The van der Waals surface area contributed by atoms with E-state index in [1.807, 2.05) is 6.07 Å². The van der Waals surface area contributed by atoms with Crippen molar-refractivity contribution in [3.05, 3.63) is 48.0 Å². The monoisotopic (exact) mass is 256 g/mol. The van der Waals surface area contributed by atoms with Crippen molar-refractivity contribution in [3.63, 3.8) is 0 Å². The summed E-state index contributed by atoms with van der Waals surface area (Å²) >= 11 is 0. The number of fused-ring (bicyclic) bond motifs is 1. The average molecular weight is 256 g/mol. The molecule has 0 aromatic heterocycles. The van der Waals surface area contributed by atoms with Crippen LogP contribution in [0.3, 0.4) is 0 Å². The smallest absolute Gasteiger partial charge is 0.0818 e. The van der Waals surface area contributed by atoms with Crippen LogP contribution in [-0.4, -0.2) is 5.11 Å². The zero-order chi connectivity index (χ0) is 13.7. The van der Waals surface area contributed by atoms with Crippen LogP contribution in [0.2, 0.25) is 0 Å². The van der Waals surface area contributed by atoms with Crippen molar-refractivity contribution >= 4 is 10.8 Å². The second kappa shape index (κ2) is 6.72. The number of aliphatic hydroxyl groups is 1. The van der Waals surface area contributed by atoms with Gasteiger partial charge < -0.3 is 5.11 Å². The molecule has 0 saturated heterocycles. The van der Waals surface area contributed by atoms with E-state index < -0.39 is 0 Å². The SMILES string of the molecule is CCCCC(CC)C(O)c1ccc2ccccc2c1. The Balaban J connectivity index is 2.21. The molecule has 0 aliphatic rings. The molecular weight excluding hydrogens is 232 g/mol. The Hall–Kier alpha value is -1.34. The van der Waals surface area contributed by atoms with Crippen molar-refractivity contribution in [2.75, 3.05) is 0 Å². The third-order valence-electron chi connectivity index (χ3n) is 4.01. The summed E-state index contributed by atoms with van der Waals surface area (Å²) in [6.07, 6.45) is 4.21. The van der Waals surface area contributed by atoms with Gasteiger partial charge in [-0.1, -0.05) is 69.5 Å². The molecule has 1 heteroatoms. The van der Waals surface area contributed by atoms with Crippen molar-refractivity contribution < 1.29 is 5.11 Å². The molecule has 2 rings (SSSR count). The van der Waals surface area contributed by atoms with Gasteiger partial charge in [-0.15, -0.1) is 0 Å². The lowest BCUT2D eigenvalue weighted by Gasteiger charge is -2.22. The topological polar surface area (TPSA) is 20.2 Å². The number of hydrogen-bond acceptors (Lipinski definition) is 1. The number of unbranched alkanes of at least 4 members (excludes halogenated alkanes) is 1. The van der Waals surface area contributed by atoms with Crippen molar-refractivity contribution in [2.24, 2.45) is 5.92 Å². The molecule has 0 aliphatic heterocycles. The van der Waals surface area contributed by atoms with Gasteiger partial charge in [0.1, 0.15) is 0 Å². The minimum Gasteiger partial charge on any atom is -0.388 e. The van der Waals surface area contributed by atoms with Gasteiger partial charge in [-0.25, -0.2) is 0 Å². The van der Waals surface area contributed by atoms with Gasteiger partial charge in [0.15, 0.2) is 0 Å². The second-order valence-corrected chi connectivity index (χ2v) is 5.36. The molecule has 19 heavy (non-hydrogen) atoms. The molecule has 102 valence electrons. The molecule has 2 aromatic rings. The van der Waals surface area contributed by atoms with E-state index in [1.54, 1.807) is 0 Å². The Morgan fingerprint density at radius 1 is 1.00 bits per heavy atom. The first-order chi connectivity index (χ1) is 9.26. The molecule has 0 aliphatic carbocycles. The summed E-state index contributed by atoms with van der Waals surface area (Å²) in [5.74, 6) is 0.376. The maximum absolute atomic E-state index is 10.6. The van der Waals surface area contributed by atoms with E-state index in [2.05, 4.69) is 50.2 Å². The van der Waals surface area contributed by atoms with Crippen LogP contribution in [0.4, 0.5) is 0 Å². The zero-order valence-corrected chi connectivity index (χ0v) is 12.0. The van der Waals surface area contributed by atoms with Gasteiger partial charge in [0, 0.05) is 0 Å². The van der Waals surface area contributed by atoms with E-state index in [0.717, 1.165) is 18.4 Å². The largest absolute Gasteiger partial charge is 0.388 e. The molecule has 2 atom stereocenters. The zero-order valence-electron chi connectivity index (χ0n) is 12.0. The summed E-state index contributed by atoms with van der Waals surface area (Å²) in [5, 5.41) is 13.0. The number of aliphatic hydroxyl groups excluding tert-OH is 1. The second-order valence-electron chi connectivity index (χ2n) is 5.36. The van der Waals surface area contributed by atoms with Crippen LogP contribution in [0.25, 0.3) is 10.8 Å². The molecule has 0 bridgehead atoms. The Kier molecular flexibility index (Phi) is 4.98. The van der Waals surface area contributed by atoms with E-state index in [0.29, 0.717) is 5.92 Å². The molecule has 2 aromatic carbocycles. The first kappa shape index (κ1) is 14.1. The number of benzene rings is 2. The lowest BCUT2D eigenvalue weighted by atomic mass is 9.88. The molecule has 1 N–H and O–H groups in total. The first-order valence-electron chi connectivity index (χ1n) is 7.43. The van der Waals surface area contributed by atoms with Gasteiger partial charge in [-0.2, -0.15) is 0 Å². The highest BCUT2D eigenvalue weighted by atomic mass is 16.3. The minimum absolute atomic E-state index is 0.332. The number of rotatable bonds is 6. The van der Waals surface area contributed by atoms with Crippen LogP contribution in [-0.2, 0) is 0 Å². The van der Waals surface area contributed by atoms with E-state index in [1.165, 1.54) is 23.6 Å². The van der Waals surface area contributed by atoms with Crippen LogP contribution in [0.5, 0.6) is 0 Å². The van der Waals surface area contributed by atoms with Crippen LogP contribution < -0.4 is 0 Å². The molecule has 1 nitrogen and oxygen atoms in total. The minimum atomic E-state index is -0.332. The fourth-order valence-electron chi connectivity index (χ4n) is 2.72. The van der Waals surface area contributed by atoms with E-state index >= 15 is 0 Å². The molecule has 0 amide bonds. The summed E-state index contributed by atoms with van der Waals surface area (Å²) in [4.78, 5) is 0. The molecule has 2 unspecified atom stereocenters. The van der Waals surface area contributed by atoms with Crippen LogP contribution in [0.1, 0.15) is 51.2 Å². The fourth-order valence-corrected chi connectivity index (χ4v) is 2.72. The third kappa shape index (κ3) is 3.36. The van der Waals surface area contributed by atoms with E-state index in [9.17, 15) is 5.11 Å². The summed E-state index contributed by atoms with van der Waals surface area (Å²) in [7, 11) is 0. The highest BCUT2D eigenvalue weighted by Crippen LogP contribution is 2.30. The van der Waals surface area contributed by atoms with Gasteiger partial charge in [0.25, 0.3) is 0 Å². The molecule has 0 heterocycles. The molecule has 0 saturated carbocycles. The molecule has 0 fully saturated rings. The predicted molar refractivity (Wildman–Crippen MR) is 82.2 cm³/mol. The summed E-state index contributed by atoms with van der Waals surface area (Å²) in [6.45, 7) is 4.37. The predicted octanol–water partition coefficient (Wildman–Crippen LogP) is 5.09. The van der Waals surface area contributed by atoms with Crippen molar-refractivity contribution in [3.8, 4) is 0 Å². The Morgan fingerprint density at radius 3 is 2.42 bits per heavy atom.